The Morgan fingerprint density at radius 2 is 1.79 bits per heavy atom. The molecule has 0 saturated heterocycles. The summed E-state index contributed by atoms with van der Waals surface area (Å²) < 4.78 is 19.3. The maximum absolute atomic E-state index is 13.0. The molecule has 0 aliphatic carbocycles. The number of Topliss-reactive ketones (excluding diaryl/α,β-unsaturated/α-hetero) is 1. The van der Waals surface area contributed by atoms with E-state index >= 15 is 0 Å². The fourth-order valence-corrected chi connectivity index (χ4v) is 4.54. The van der Waals surface area contributed by atoms with Gasteiger partial charge in [0.1, 0.15) is 23.9 Å². The molecule has 172 valence electrons. The van der Waals surface area contributed by atoms with Crippen LogP contribution in [0.3, 0.4) is 0 Å². The molecule has 0 amide bonds. The van der Waals surface area contributed by atoms with Crippen molar-refractivity contribution in [1.82, 2.24) is 4.57 Å². The third-order valence-electron chi connectivity index (χ3n) is 5.83. The molecular formula is C27H21Cl2NO4. The maximum Gasteiger partial charge on any atom is 0.231 e. The molecule has 0 saturated carbocycles. The first-order valence-electron chi connectivity index (χ1n) is 10.8. The molecular weight excluding hydrogens is 473 g/mol. The zero-order valence-electron chi connectivity index (χ0n) is 18.6. The number of allylic oxidation sites excluding steroid dienone is 1. The molecule has 0 unspecified atom stereocenters. The number of fused-ring (bicyclic) bond motifs is 2. The molecule has 34 heavy (non-hydrogen) atoms. The van der Waals surface area contributed by atoms with E-state index < -0.39 is 0 Å². The molecule has 0 atom stereocenters. The lowest BCUT2D eigenvalue weighted by Crippen LogP contribution is -1.98. The Morgan fingerprint density at radius 1 is 1.03 bits per heavy atom. The van der Waals surface area contributed by atoms with E-state index in [1.165, 1.54) is 0 Å². The van der Waals surface area contributed by atoms with Gasteiger partial charge in [0.15, 0.2) is 5.76 Å². The van der Waals surface area contributed by atoms with Crippen molar-refractivity contribution in [2.45, 2.75) is 20.1 Å². The second kappa shape index (κ2) is 9.09. The monoisotopic (exact) mass is 493 g/mol. The number of ketones is 1. The van der Waals surface area contributed by atoms with Gasteiger partial charge in [-0.3, -0.25) is 4.79 Å². The second-order valence-electron chi connectivity index (χ2n) is 7.84. The van der Waals surface area contributed by atoms with E-state index in [0.29, 0.717) is 32.7 Å². The average molecular weight is 494 g/mol. The minimum absolute atomic E-state index is 0.170. The van der Waals surface area contributed by atoms with Crippen molar-refractivity contribution in [2.24, 2.45) is 0 Å². The molecule has 0 radical (unpaired) electrons. The predicted octanol–water partition coefficient (Wildman–Crippen LogP) is 7.17. The van der Waals surface area contributed by atoms with Gasteiger partial charge in [0.2, 0.25) is 5.78 Å². The van der Waals surface area contributed by atoms with Crippen molar-refractivity contribution in [3.05, 3.63) is 93.3 Å². The minimum atomic E-state index is -0.170. The van der Waals surface area contributed by atoms with E-state index in [9.17, 15) is 4.79 Å². The second-order valence-corrected chi connectivity index (χ2v) is 8.65. The fraction of sp³-hybridized carbons (Fsp3) is 0.148. The zero-order valence-corrected chi connectivity index (χ0v) is 20.1. The quantitative estimate of drug-likeness (QED) is 0.267. The molecule has 7 heteroatoms. The Morgan fingerprint density at radius 3 is 2.53 bits per heavy atom. The first kappa shape index (κ1) is 22.4. The summed E-state index contributed by atoms with van der Waals surface area (Å²) in [6.07, 6.45) is 3.79. The lowest BCUT2D eigenvalue weighted by molar-refractivity contribution is 0.101. The smallest absolute Gasteiger partial charge is 0.231 e. The van der Waals surface area contributed by atoms with E-state index in [1.807, 2.05) is 24.4 Å². The van der Waals surface area contributed by atoms with Gasteiger partial charge in [-0.2, -0.15) is 0 Å². The first-order valence-corrected chi connectivity index (χ1v) is 11.5. The third kappa shape index (κ3) is 4.02. The van der Waals surface area contributed by atoms with Crippen LogP contribution < -0.4 is 14.2 Å². The van der Waals surface area contributed by atoms with Crippen LogP contribution in [0.4, 0.5) is 0 Å². The van der Waals surface area contributed by atoms with Crippen LogP contribution >= 0.6 is 23.2 Å². The van der Waals surface area contributed by atoms with Crippen LogP contribution in [0.2, 0.25) is 10.0 Å². The summed E-state index contributed by atoms with van der Waals surface area (Å²) in [5.74, 6) is 1.85. The van der Waals surface area contributed by atoms with Crippen molar-refractivity contribution < 1.29 is 19.0 Å². The third-order valence-corrected chi connectivity index (χ3v) is 6.54. The van der Waals surface area contributed by atoms with Gasteiger partial charge in [-0.25, -0.2) is 0 Å². The summed E-state index contributed by atoms with van der Waals surface area (Å²) in [6, 6.07) is 16.4. The van der Waals surface area contributed by atoms with Gasteiger partial charge in [0.25, 0.3) is 0 Å². The van der Waals surface area contributed by atoms with Crippen molar-refractivity contribution in [2.75, 3.05) is 7.11 Å². The number of benzene rings is 3. The van der Waals surface area contributed by atoms with Gasteiger partial charge in [-0.15, -0.1) is 0 Å². The summed E-state index contributed by atoms with van der Waals surface area (Å²) in [4.78, 5) is 13.0. The van der Waals surface area contributed by atoms with Crippen LogP contribution in [0.5, 0.6) is 17.2 Å². The number of aromatic nitrogens is 1. The zero-order chi connectivity index (χ0) is 23.8. The van der Waals surface area contributed by atoms with Crippen LogP contribution in [0.15, 0.2) is 66.6 Å². The normalized spacial score (nSPS) is 13.9. The van der Waals surface area contributed by atoms with Gasteiger partial charge in [0.05, 0.1) is 12.7 Å². The van der Waals surface area contributed by atoms with Gasteiger partial charge < -0.3 is 18.8 Å². The van der Waals surface area contributed by atoms with Gasteiger partial charge in [-0.05, 0) is 55.5 Å². The summed E-state index contributed by atoms with van der Waals surface area (Å²) in [7, 11) is 1.63. The standard InChI is InChI=1S/C27H21Cl2NO4/c1-3-30-14-16(20-12-17(32-2)8-10-24(20)30)11-26-27(31)19-9-7-18(13-25(19)34-26)33-15-21-22(28)5-4-6-23(21)29/h4-14H,3,15H2,1-2H3. The van der Waals surface area contributed by atoms with Gasteiger partial charge >= 0.3 is 0 Å². The number of aryl methyl sites for hydroxylation is 1. The van der Waals surface area contributed by atoms with Crippen LogP contribution in [0.25, 0.3) is 17.0 Å². The minimum Gasteiger partial charge on any atom is -0.497 e. The Kier molecular flexibility index (Phi) is 5.98. The first-order chi connectivity index (χ1) is 16.5. The van der Waals surface area contributed by atoms with E-state index in [-0.39, 0.29) is 18.1 Å². The van der Waals surface area contributed by atoms with Crippen LogP contribution in [-0.2, 0) is 13.2 Å². The predicted molar refractivity (Wildman–Crippen MR) is 134 cm³/mol. The highest BCUT2D eigenvalue weighted by molar-refractivity contribution is 6.35. The lowest BCUT2D eigenvalue weighted by atomic mass is 10.1. The van der Waals surface area contributed by atoms with E-state index in [2.05, 4.69) is 11.5 Å². The maximum atomic E-state index is 13.0. The average Bonchev–Trinajstić information content (AvgIpc) is 3.35. The molecule has 2 heterocycles. The SMILES string of the molecule is CCn1cc(C=C2Oc3cc(OCc4c(Cl)cccc4Cl)ccc3C2=O)c2cc(OC)ccc21. The van der Waals surface area contributed by atoms with Crippen molar-refractivity contribution in [3.63, 3.8) is 0 Å². The Labute approximate surface area is 207 Å². The molecule has 4 aromatic rings. The van der Waals surface area contributed by atoms with Crippen LogP contribution in [0.1, 0.15) is 28.4 Å². The van der Waals surface area contributed by atoms with E-state index in [0.717, 1.165) is 28.8 Å². The number of hydrogen-bond donors (Lipinski definition) is 0. The highest BCUT2D eigenvalue weighted by Gasteiger charge is 2.28. The number of ether oxygens (including phenoxy) is 3. The Bertz CT molecular complexity index is 1430. The molecule has 0 spiro atoms. The number of carbonyl (C=O) groups excluding carboxylic acids is 1. The molecule has 1 aliphatic heterocycles. The number of rotatable bonds is 6. The molecule has 3 aromatic carbocycles. The highest BCUT2D eigenvalue weighted by atomic mass is 35.5. The number of hydrogen-bond acceptors (Lipinski definition) is 4. The molecule has 1 aliphatic rings. The molecule has 5 nitrogen and oxygen atoms in total. The number of carbonyl (C=O) groups is 1. The van der Waals surface area contributed by atoms with Crippen molar-refractivity contribution in [1.29, 1.82) is 0 Å². The summed E-state index contributed by atoms with van der Waals surface area (Å²) in [5, 5.41) is 2.06. The molecule has 0 fully saturated rings. The topological polar surface area (TPSA) is 49.7 Å². The molecule has 5 rings (SSSR count). The van der Waals surface area contributed by atoms with Crippen LogP contribution in [0, 0.1) is 0 Å². The molecule has 0 bridgehead atoms. The number of halogens is 2. The highest BCUT2D eigenvalue weighted by Crippen LogP contribution is 2.37. The number of methoxy groups -OCH3 is 1. The van der Waals surface area contributed by atoms with Gasteiger partial charge in [0, 0.05) is 50.9 Å². The van der Waals surface area contributed by atoms with E-state index in [1.54, 1.807) is 49.6 Å². The number of nitrogens with zero attached hydrogens (tertiary/aromatic N) is 1. The summed E-state index contributed by atoms with van der Waals surface area (Å²) in [5.41, 5.74) is 3.14. The molecule has 0 N–H and O–H groups in total. The van der Waals surface area contributed by atoms with Crippen molar-refractivity contribution >= 4 is 46.0 Å². The summed E-state index contributed by atoms with van der Waals surface area (Å²) in [6.45, 7) is 3.08. The van der Waals surface area contributed by atoms with Gasteiger partial charge in [-0.1, -0.05) is 29.3 Å². The summed E-state index contributed by atoms with van der Waals surface area (Å²) >= 11 is 12.5. The van der Waals surface area contributed by atoms with Crippen molar-refractivity contribution in [3.8, 4) is 17.2 Å². The Balaban J connectivity index is 1.42. The molecule has 1 aromatic heterocycles. The lowest BCUT2D eigenvalue weighted by Gasteiger charge is -2.10. The Hall–Kier alpha value is -3.41. The van der Waals surface area contributed by atoms with E-state index in [4.69, 9.17) is 37.4 Å². The van der Waals surface area contributed by atoms with Crippen LogP contribution in [-0.4, -0.2) is 17.5 Å². The fourth-order valence-electron chi connectivity index (χ4n) is 4.03. The largest absolute Gasteiger partial charge is 0.497 e.